The molecule has 0 saturated carbocycles. The zero-order valence-corrected chi connectivity index (χ0v) is 15.9. The number of nitriles is 1. The fourth-order valence-corrected chi connectivity index (χ4v) is 4.35. The lowest BCUT2D eigenvalue weighted by Crippen LogP contribution is -2.12. The van der Waals surface area contributed by atoms with Gasteiger partial charge in [0.1, 0.15) is 5.75 Å². The topological polar surface area (TPSA) is 109 Å². The summed E-state index contributed by atoms with van der Waals surface area (Å²) >= 11 is 0. The number of benzene rings is 2. The summed E-state index contributed by atoms with van der Waals surface area (Å²) in [6.07, 6.45) is 1.53. The maximum Gasteiger partial charge on any atom is 0.303 e. The van der Waals surface area contributed by atoms with Crippen LogP contribution in [0.2, 0.25) is 0 Å². The van der Waals surface area contributed by atoms with E-state index in [9.17, 15) is 13.2 Å². The average molecular weight is 398 g/mol. The van der Waals surface area contributed by atoms with Crippen LogP contribution in [0.25, 0.3) is 10.9 Å². The van der Waals surface area contributed by atoms with E-state index >= 15 is 0 Å². The third-order valence-electron chi connectivity index (χ3n) is 4.28. The summed E-state index contributed by atoms with van der Waals surface area (Å²) in [6.45, 7) is 2.30. The van der Waals surface area contributed by atoms with E-state index in [1.54, 1.807) is 18.2 Å². The van der Waals surface area contributed by atoms with Crippen molar-refractivity contribution in [1.29, 1.82) is 5.26 Å². The van der Waals surface area contributed by atoms with Gasteiger partial charge in [0, 0.05) is 18.0 Å². The summed E-state index contributed by atoms with van der Waals surface area (Å²) in [7, 11) is -3.91. The van der Waals surface area contributed by atoms with Crippen molar-refractivity contribution in [2.45, 2.75) is 24.7 Å². The van der Waals surface area contributed by atoms with Gasteiger partial charge in [-0.25, -0.2) is 12.4 Å². The molecule has 0 aliphatic carbocycles. The molecule has 0 aliphatic rings. The molecule has 3 aromatic rings. The Morgan fingerprint density at radius 2 is 1.93 bits per heavy atom. The van der Waals surface area contributed by atoms with Gasteiger partial charge in [-0.3, -0.25) is 4.79 Å². The van der Waals surface area contributed by atoms with Crippen molar-refractivity contribution < 1.29 is 23.1 Å². The molecular weight excluding hydrogens is 380 g/mol. The third-order valence-corrected chi connectivity index (χ3v) is 5.97. The number of ether oxygens (including phenoxy) is 1. The molecule has 0 fully saturated rings. The van der Waals surface area contributed by atoms with E-state index in [1.807, 2.05) is 13.0 Å². The molecule has 0 bridgehead atoms. The van der Waals surface area contributed by atoms with Gasteiger partial charge in [-0.1, -0.05) is 0 Å². The minimum atomic E-state index is -3.91. The van der Waals surface area contributed by atoms with E-state index in [-0.39, 0.29) is 17.7 Å². The SMILES string of the molecule is CCOc1ccc2c(c1)c(CCC(=O)O)cn2S(=O)(=O)c1ccc(C#N)cc1. The standard InChI is InChI=1S/C20H18N2O5S/c1-2-27-16-6-9-19-18(11-16)15(5-10-20(23)24)13-22(19)28(25,26)17-7-3-14(12-21)4-8-17/h3-4,6-9,11,13H,2,5,10H2,1H3,(H,23,24). The molecule has 144 valence electrons. The van der Waals surface area contributed by atoms with E-state index in [0.29, 0.717) is 34.4 Å². The molecule has 0 atom stereocenters. The number of aromatic nitrogens is 1. The van der Waals surface area contributed by atoms with Gasteiger partial charge in [-0.2, -0.15) is 5.26 Å². The number of hydrogen-bond donors (Lipinski definition) is 1. The Morgan fingerprint density at radius 3 is 2.54 bits per heavy atom. The fourth-order valence-electron chi connectivity index (χ4n) is 2.96. The molecule has 3 rings (SSSR count). The maximum absolute atomic E-state index is 13.1. The molecule has 0 radical (unpaired) electrons. The largest absolute Gasteiger partial charge is 0.494 e. The van der Waals surface area contributed by atoms with Gasteiger partial charge in [-0.15, -0.1) is 0 Å². The smallest absolute Gasteiger partial charge is 0.303 e. The minimum absolute atomic E-state index is 0.0436. The van der Waals surface area contributed by atoms with Crippen molar-refractivity contribution in [3.63, 3.8) is 0 Å². The Balaban J connectivity index is 2.16. The second-order valence-electron chi connectivity index (χ2n) is 6.10. The van der Waals surface area contributed by atoms with E-state index in [0.717, 1.165) is 3.97 Å². The number of rotatable bonds is 7. The zero-order valence-electron chi connectivity index (χ0n) is 15.1. The van der Waals surface area contributed by atoms with Gasteiger partial charge in [0.25, 0.3) is 10.0 Å². The van der Waals surface area contributed by atoms with Crippen LogP contribution >= 0.6 is 0 Å². The molecule has 0 aliphatic heterocycles. The molecule has 0 saturated heterocycles. The number of fused-ring (bicyclic) bond motifs is 1. The maximum atomic E-state index is 13.1. The van der Waals surface area contributed by atoms with Gasteiger partial charge < -0.3 is 9.84 Å². The summed E-state index contributed by atoms with van der Waals surface area (Å²) in [5, 5.41) is 18.5. The lowest BCUT2D eigenvalue weighted by atomic mass is 10.1. The van der Waals surface area contributed by atoms with Crippen LogP contribution in [0.3, 0.4) is 0 Å². The van der Waals surface area contributed by atoms with Crippen LogP contribution in [0.1, 0.15) is 24.5 Å². The number of aryl methyl sites for hydroxylation is 1. The Kier molecular flexibility index (Phi) is 5.38. The lowest BCUT2D eigenvalue weighted by Gasteiger charge is -2.08. The van der Waals surface area contributed by atoms with Crippen LogP contribution in [0.5, 0.6) is 5.75 Å². The molecule has 1 aromatic heterocycles. The first-order valence-electron chi connectivity index (χ1n) is 8.61. The van der Waals surface area contributed by atoms with Crippen LogP contribution < -0.4 is 4.74 Å². The number of aliphatic carboxylic acids is 1. The first-order chi connectivity index (χ1) is 13.4. The monoisotopic (exact) mass is 398 g/mol. The Hall–Kier alpha value is -3.31. The second-order valence-corrected chi connectivity index (χ2v) is 7.91. The summed E-state index contributed by atoms with van der Waals surface area (Å²) in [6, 6.07) is 12.6. The quantitative estimate of drug-likeness (QED) is 0.655. The minimum Gasteiger partial charge on any atom is -0.494 e. The number of nitrogens with zero attached hydrogens (tertiary/aromatic N) is 2. The van der Waals surface area contributed by atoms with Crippen molar-refractivity contribution in [2.75, 3.05) is 6.61 Å². The number of carboxylic acid groups (broad SMARTS) is 1. The molecule has 7 nitrogen and oxygen atoms in total. The van der Waals surface area contributed by atoms with Gasteiger partial charge in [0.2, 0.25) is 0 Å². The van der Waals surface area contributed by atoms with Crippen LogP contribution in [0.4, 0.5) is 0 Å². The Morgan fingerprint density at radius 1 is 1.21 bits per heavy atom. The van der Waals surface area contributed by atoms with Crippen LogP contribution in [0, 0.1) is 11.3 Å². The molecule has 0 spiro atoms. The zero-order chi connectivity index (χ0) is 20.3. The number of carbonyl (C=O) groups is 1. The normalized spacial score (nSPS) is 11.3. The molecule has 2 aromatic carbocycles. The fraction of sp³-hybridized carbons (Fsp3) is 0.200. The third kappa shape index (κ3) is 3.70. The second kappa shape index (κ2) is 7.74. The van der Waals surface area contributed by atoms with Gasteiger partial charge in [-0.05, 0) is 61.4 Å². The highest BCUT2D eigenvalue weighted by Gasteiger charge is 2.22. The highest BCUT2D eigenvalue weighted by Crippen LogP contribution is 2.30. The van der Waals surface area contributed by atoms with Crippen LogP contribution in [-0.4, -0.2) is 30.1 Å². The molecular formula is C20H18N2O5S. The predicted octanol–water partition coefficient (Wildman–Crippen LogP) is 3.17. The lowest BCUT2D eigenvalue weighted by molar-refractivity contribution is -0.136. The molecule has 1 heterocycles. The van der Waals surface area contributed by atoms with Gasteiger partial charge >= 0.3 is 5.97 Å². The summed E-state index contributed by atoms with van der Waals surface area (Å²) < 4.78 is 32.9. The van der Waals surface area contributed by atoms with Crippen molar-refractivity contribution in [1.82, 2.24) is 3.97 Å². The molecule has 0 unspecified atom stereocenters. The molecule has 0 amide bonds. The predicted molar refractivity (Wildman–Crippen MR) is 103 cm³/mol. The van der Waals surface area contributed by atoms with Crippen molar-refractivity contribution in [3.05, 3.63) is 59.8 Å². The van der Waals surface area contributed by atoms with E-state index in [4.69, 9.17) is 15.1 Å². The first kappa shape index (κ1) is 19.5. The number of carboxylic acids is 1. The van der Waals surface area contributed by atoms with Crippen molar-refractivity contribution in [2.24, 2.45) is 0 Å². The number of hydrogen-bond acceptors (Lipinski definition) is 5. The summed E-state index contributed by atoms with van der Waals surface area (Å²) in [5.41, 5.74) is 1.41. The van der Waals surface area contributed by atoms with Crippen molar-refractivity contribution >= 4 is 26.9 Å². The first-order valence-corrected chi connectivity index (χ1v) is 10.0. The Labute approximate surface area is 162 Å². The molecule has 28 heavy (non-hydrogen) atoms. The highest BCUT2D eigenvalue weighted by molar-refractivity contribution is 7.90. The highest BCUT2D eigenvalue weighted by atomic mass is 32.2. The van der Waals surface area contributed by atoms with Gasteiger partial charge in [0.15, 0.2) is 0 Å². The average Bonchev–Trinajstić information content (AvgIpc) is 3.05. The summed E-state index contributed by atoms with van der Waals surface area (Å²) in [4.78, 5) is 11.0. The van der Waals surface area contributed by atoms with Crippen molar-refractivity contribution in [3.8, 4) is 11.8 Å². The molecule has 1 N–H and O–H groups in total. The van der Waals surface area contributed by atoms with Gasteiger partial charge in [0.05, 0.1) is 28.7 Å². The van der Waals surface area contributed by atoms with E-state index in [2.05, 4.69) is 0 Å². The van der Waals surface area contributed by atoms with E-state index < -0.39 is 16.0 Å². The van der Waals surface area contributed by atoms with E-state index in [1.165, 1.54) is 30.5 Å². The van der Waals surface area contributed by atoms with Crippen LogP contribution in [0.15, 0.2) is 53.6 Å². The Bertz CT molecular complexity index is 1170. The van der Waals surface area contributed by atoms with Crippen LogP contribution in [-0.2, 0) is 21.2 Å². The molecule has 8 heteroatoms. The summed E-state index contributed by atoms with van der Waals surface area (Å²) in [5.74, 6) is -0.378.